The molecule has 0 fully saturated rings. The van der Waals surface area contributed by atoms with E-state index in [4.69, 9.17) is 14.0 Å². The maximum Gasteiger partial charge on any atom is 0.407 e. The molecule has 1 heterocycles. The molecule has 2 aromatic carbocycles. The summed E-state index contributed by atoms with van der Waals surface area (Å²) in [6.07, 6.45) is -1.11. The highest BCUT2D eigenvalue weighted by atomic mass is 16.6. The molecule has 1 unspecified atom stereocenters. The predicted octanol–water partition coefficient (Wildman–Crippen LogP) is 4.22. The van der Waals surface area contributed by atoms with E-state index in [1.165, 1.54) is 6.92 Å². The molecule has 32 heavy (non-hydrogen) atoms. The Bertz CT molecular complexity index is 1000. The van der Waals surface area contributed by atoms with Crippen molar-refractivity contribution in [2.24, 2.45) is 5.92 Å². The van der Waals surface area contributed by atoms with Gasteiger partial charge in [0.15, 0.2) is 6.10 Å². The lowest BCUT2D eigenvalue weighted by atomic mass is 9.98. The Kier molecular flexibility index (Phi) is 7.96. The van der Waals surface area contributed by atoms with E-state index >= 15 is 0 Å². The number of rotatable bonds is 9. The van der Waals surface area contributed by atoms with Crippen LogP contribution in [-0.2, 0) is 27.3 Å². The number of hydrogen-bond donors (Lipinski definition) is 1. The summed E-state index contributed by atoms with van der Waals surface area (Å²) in [7, 11) is 0. The number of nitrogens with zero attached hydrogens (tertiary/aromatic N) is 2. The van der Waals surface area contributed by atoms with Crippen LogP contribution in [0.3, 0.4) is 0 Å². The summed E-state index contributed by atoms with van der Waals surface area (Å²) in [5, 5.41) is 6.80. The molecule has 0 aliphatic heterocycles. The normalized spacial score (nSPS) is 12.8. The third kappa shape index (κ3) is 6.66. The van der Waals surface area contributed by atoms with Crippen molar-refractivity contribution in [2.45, 2.75) is 45.9 Å². The topological polar surface area (TPSA) is 104 Å². The molecule has 3 aromatic rings. The first kappa shape index (κ1) is 23.0. The minimum Gasteiger partial charge on any atom is -0.452 e. The molecule has 0 radical (unpaired) electrons. The van der Waals surface area contributed by atoms with Gasteiger partial charge in [0.25, 0.3) is 0 Å². The van der Waals surface area contributed by atoms with Crippen LogP contribution in [0.25, 0.3) is 0 Å². The number of carbonyl (C=O) groups excluding carboxylic acids is 2. The molecule has 1 N–H and O–H groups in total. The van der Waals surface area contributed by atoms with Gasteiger partial charge in [0.2, 0.25) is 11.7 Å². The molecule has 2 atom stereocenters. The monoisotopic (exact) mass is 437 g/mol. The number of esters is 1. The summed E-state index contributed by atoms with van der Waals surface area (Å²) in [4.78, 5) is 28.7. The molecule has 3 rings (SSSR count). The molecule has 0 saturated carbocycles. The van der Waals surface area contributed by atoms with Crippen molar-refractivity contribution in [3.8, 4) is 0 Å². The maximum atomic E-state index is 12.5. The molecule has 0 aliphatic carbocycles. The molecule has 0 aliphatic rings. The average Bonchev–Trinajstić information content (AvgIpc) is 3.24. The summed E-state index contributed by atoms with van der Waals surface area (Å²) in [6.45, 7) is 5.20. The van der Waals surface area contributed by atoms with Crippen LogP contribution in [0.15, 0.2) is 65.2 Å². The van der Waals surface area contributed by atoms with Crippen molar-refractivity contribution in [1.82, 2.24) is 15.5 Å². The molecule has 1 aromatic heterocycles. The third-order valence-corrected chi connectivity index (χ3v) is 4.77. The maximum absolute atomic E-state index is 12.5. The predicted molar refractivity (Wildman–Crippen MR) is 116 cm³/mol. The zero-order valence-electron chi connectivity index (χ0n) is 18.4. The van der Waals surface area contributed by atoms with Crippen molar-refractivity contribution in [3.05, 3.63) is 83.5 Å². The van der Waals surface area contributed by atoms with E-state index in [0.717, 1.165) is 11.1 Å². The van der Waals surface area contributed by atoms with Crippen LogP contribution in [-0.4, -0.2) is 28.2 Å². The number of benzene rings is 2. The van der Waals surface area contributed by atoms with Crippen LogP contribution in [0.4, 0.5) is 4.79 Å². The van der Waals surface area contributed by atoms with Gasteiger partial charge in [-0.1, -0.05) is 79.7 Å². The first-order chi connectivity index (χ1) is 15.4. The fraction of sp³-hybridized carbons (Fsp3) is 0.333. The second-order valence-corrected chi connectivity index (χ2v) is 7.71. The zero-order chi connectivity index (χ0) is 22.9. The molecule has 0 saturated heterocycles. The highest BCUT2D eigenvalue weighted by Crippen LogP contribution is 2.25. The van der Waals surface area contributed by atoms with Gasteiger partial charge in [-0.25, -0.2) is 4.79 Å². The Hall–Kier alpha value is -3.68. The van der Waals surface area contributed by atoms with Crippen LogP contribution in [0.5, 0.6) is 0 Å². The van der Waals surface area contributed by atoms with E-state index < -0.39 is 24.2 Å². The Morgan fingerprint density at radius 1 is 1.00 bits per heavy atom. The molecule has 1 amide bonds. The molecular formula is C24H27N3O5. The van der Waals surface area contributed by atoms with Crippen LogP contribution >= 0.6 is 0 Å². The first-order valence-electron chi connectivity index (χ1n) is 10.4. The quantitative estimate of drug-likeness (QED) is 0.500. The SMILES string of the molecule is CC(=O)OC(c1noc(Cc2ccccc2)n1)[C@@H](NC(=O)OCc1ccccc1)C(C)C. The van der Waals surface area contributed by atoms with Gasteiger partial charge in [-0.15, -0.1) is 0 Å². The van der Waals surface area contributed by atoms with Gasteiger partial charge < -0.3 is 19.3 Å². The van der Waals surface area contributed by atoms with E-state index in [-0.39, 0.29) is 18.3 Å². The third-order valence-electron chi connectivity index (χ3n) is 4.77. The molecule has 8 heteroatoms. The lowest BCUT2D eigenvalue weighted by Crippen LogP contribution is -2.44. The van der Waals surface area contributed by atoms with Crippen LogP contribution in [0.2, 0.25) is 0 Å². The lowest BCUT2D eigenvalue weighted by Gasteiger charge is -2.28. The molecule has 8 nitrogen and oxygen atoms in total. The largest absolute Gasteiger partial charge is 0.452 e. The Balaban J connectivity index is 1.72. The minimum atomic E-state index is -0.926. The van der Waals surface area contributed by atoms with Crippen LogP contribution < -0.4 is 5.32 Å². The van der Waals surface area contributed by atoms with Crippen molar-refractivity contribution in [3.63, 3.8) is 0 Å². The van der Waals surface area contributed by atoms with E-state index in [0.29, 0.717) is 12.3 Å². The summed E-state index contributed by atoms with van der Waals surface area (Å²) >= 11 is 0. The summed E-state index contributed by atoms with van der Waals surface area (Å²) in [6, 6.07) is 18.4. The second-order valence-electron chi connectivity index (χ2n) is 7.71. The number of amides is 1. The van der Waals surface area contributed by atoms with E-state index in [9.17, 15) is 9.59 Å². The summed E-state index contributed by atoms with van der Waals surface area (Å²) < 4.78 is 16.2. The number of ether oxygens (including phenoxy) is 2. The van der Waals surface area contributed by atoms with Crippen molar-refractivity contribution < 1.29 is 23.6 Å². The number of carbonyl (C=O) groups is 2. The van der Waals surface area contributed by atoms with Gasteiger partial charge in [-0.3, -0.25) is 4.79 Å². The molecule has 0 bridgehead atoms. The highest BCUT2D eigenvalue weighted by molar-refractivity contribution is 5.68. The van der Waals surface area contributed by atoms with E-state index in [2.05, 4.69) is 15.5 Å². The summed E-state index contributed by atoms with van der Waals surface area (Å²) in [5.41, 5.74) is 1.87. The van der Waals surface area contributed by atoms with Gasteiger partial charge in [-0.05, 0) is 17.0 Å². The first-order valence-corrected chi connectivity index (χ1v) is 10.4. The molecular weight excluding hydrogens is 410 g/mol. The van der Waals surface area contributed by atoms with Crippen molar-refractivity contribution >= 4 is 12.1 Å². The van der Waals surface area contributed by atoms with E-state index in [1.807, 2.05) is 74.5 Å². The van der Waals surface area contributed by atoms with Crippen molar-refractivity contribution in [2.75, 3.05) is 0 Å². The highest BCUT2D eigenvalue weighted by Gasteiger charge is 2.34. The van der Waals surface area contributed by atoms with Crippen molar-refractivity contribution in [1.29, 1.82) is 0 Å². The lowest BCUT2D eigenvalue weighted by molar-refractivity contribution is -0.149. The van der Waals surface area contributed by atoms with E-state index in [1.54, 1.807) is 0 Å². The number of aromatic nitrogens is 2. The molecule has 168 valence electrons. The summed E-state index contributed by atoms with van der Waals surface area (Å²) in [5.74, 6) is -0.0556. The fourth-order valence-electron chi connectivity index (χ4n) is 3.18. The Labute approximate surface area is 186 Å². The second kappa shape index (κ2) is 11.1. The van der Waals surface area contributed by atoms with Gasteiger partial charge in [-0.2, -0.15) is 4.98 Å². The van der Waals surface area contributed by atoms with Crippen LogP contribution in [0, 0.1) is 5.92 Å². The standard InChI is InChI=1S/C24H27N3O5/c1-16(2)21(26-24(29)30-15-19-12-8-5-9-13-19)22(31-17(3)28)23-25-20(32-27-23)14-18-10-6-4-7-11-18/h4-13,16,21-22H,14-15H2,1-3H3,(H,26,29)/t21-,22?/m0/s1. The van der Waals surface area contributed by atoms with Gasteiger partial charge in [0, 0.05) is 6.92 Å². The zero-order valence-corrected chi connectivity index (χ0v) is 18.4. The van der Waals surface area contributed by atoms with Gasteiger partial charge in [0.1, 0.15) is 6.61 Å². The van der Waals surface area contributed by atoms with Crippen LogP contribution in [0.1, 0.15) is 49.7 Å². The van der Waals surface area contributed by atoms with Gasteiger partial charge in [0.05, 0.1) is 12.5 Å². The fourth-order valence-corrected chi connectivity index (χ4v) is 3.18. The smallest absolute Gasteiger partial charge is 0.407 e. The number of hydrogen-bond acceptors (Lipinski definition) is 7. The number of nitrogens with one attached hydrogen (secondary N) is 1. The Morgan fingerprint density at radius 2 is 1.62 bits per heavy atom. The average molecular weight is 437 g/mol. The van der Waals surface area contributed by atoms with Gasteiger partial charge >= 0.3 is 12.1 Å². The minimum absolute atomic E-state index is 0.111. The Morgan fingerprint density at radius 3 is 2.22 bits per heavy atom. The molecule has 0 spiro atoms. The number of alkyl carbamates (subject to hydrolysis) is 1.